The van der Waals surface area contributed by atoms with Crippen LogP contribution in [0.3, 0.4) is 0 Å². The maximum absolute atomic E-state index is 12.0. The van der Waals surface area contributed by atoms with Crippen molar-refractivity contribution in [3.63, 3.8) is 0 Å². The molecule has 0 aromatic carbocycles. The van der Waals surface area contributed by atoms with Crippen LogP contribution in [-0.2, 0) is 18.3 Å². The maximum Gasteiger partial charge on any atom is 0.143 e. The van der Waals surface area contributed by atoms with Crippen molar-refractivity contribution in [2.75, 3.05) is 0 Å². The topological polar surface area (TPSA) is 47.8 Å². The van der Waals surface area contributed by atoms with Crippen LogP contribution in [0.5, 0.6) is 0 Å². The van der Waals surface area contributed by atoms with Crippen molar-refractivity contribution >= 4 is 5.78 Å². The van der Waals surface area contributed by atoms with Gasteiger partial charge in [-0.2, -0.15) is 5.10 Å². The molecule has 1 aromatic rings. The Kier molecular flexibility index (Phi) is 5.15. The lowest BCUT2D eigenvalue weighted by molar-refractivity contribution is -0.122. The van der Waals surface area contributed by atoms with E-state index in [4.69, 9.17) is 0 Å². The summed E-state index contributed by atoms with van der Waals surface area (Å²) < 4.78 is 1.67. The molecule has 4 nitrogen and oxygen atoms in total. The summed E-state index contributed by atoms with van der Waals surface area (Å²) in [5, 5.41) is 3.97. The molecule has 0 radical (unpaired) electrons. The number of aryl methyl sites for hydroxylation is 1. The second-order valence-electron chi connectivity index (χ2n) is 4.19. The maximum atomic E-state index is 12.0. The number of aromatic nitrogens is 3. The first kappa shape index (κ1) is 12.9. The van der Waals surface area contributed by atoms with E-state index in [-0.39, 0.29) is 5.92 Å². The van der Waals surface area contributed by atoms with Crippen LogP contribution in [0.4, 0.5) is 0 Å². The van der Waals surface area contributed by atoms with Crippen molar-refractivity contribution in [3.05, 3.63) is 12.2 Å². The van der Waals surface area contributed by atoms with E-state index in [1.807, 2.05) is 7.05 Å². The normalized spacial score (nSPS) is 12.7. The molecule has 0 fully saturated rings. The highest BCUT2D eigenvalue weighted by molar-refractivity contribution is 5.82. The molecular formula is C12H21N3O. The number of unbranched alkanes of at least 4 members (excludes halogenated alkanes) is 1. The SMILES string of the molecule is CCCCC(CC)C(=O)Cc1ncnn1C. The third-order valence-corrected chi connectivity index (χ3v) is 2.99. The standard InChI is InChI=1S/C12H21N3O/c1-4-6-7-10(5-2)11(16)8-12-13-9-14-15(12)3/h9-10H,4-8H2,1-3H3. The van der Waals surface area contributed by atoms with Gasteiger partial charge in [0.1, 0.15) is 17.9 Å². The molecule has 1 unspecified atom stereocenters. The number of carbonyl (C=O) groups excluding carboxylic acids is 1. The lowest BCUT2D eigenvalue weighted by Crippen LogP contribution is -2.18. The summed E-state index contributed by atoms with van der Waals surface area (Å²) >= 11 is 0. The molecule has 4 heteroatoms. The molecule has 0 saturated heterocycles. The van der Waals surface area contributed by atoms with E-state index >= 15 is 0 Å². The molecule has 1 aromatic heterocycles. The molecule has 90 valence electrons. The quantitative estimate of drug-likeness (QED) is 0.711. The zero-order valence-corrected chi connectivity index (χ0v) is 10.4. The van der Waals surface area contributed by atoms with Gasteiger partial charge in [0.25, 0.3) is 0 Å². The second kappa shape index (κ2) is 6.40. The van der Waals surface area contributed by atoms with E-state index in [1.54, 1.807) is 4.68 Å². The third kappa shape index (κ3) is 3.43. The van der Waals surface area contributed by atoms with Crippen molar-refractivity contribution < 1.29 is 4.79 Å². The smallest absolute Gasteiger partial charge is 0.143 e. The van der Waals surface area contributed by atoms with Gasteiger partial charge in [0.05, 0.1) is 6.42 Å². The van der Waals surface area contributed by atoms with Crippen molar-refractivity contribution in [2.45, 2.75) is 46.0 Å². The highest BCUT2D eigenvalue weighted by atomic mass is 16.1. The zero-order chi connectivity index (χ0) is 12.0. The van der Waals surface area contributed by atoms with Gasteiger partial charge in [0.2, 0.25) is 0 Å². The molecule has 0 aliphatic carbocycles. The Labute approximate surface area is 97.1 Å². The fourth-order valence-corrected chi connectivity index (χ4v) is 1.82. The van der Waals surface area contributed by atoms with Gasteiger partial charge in [0, 0.05) is 13.0 Å². The van der Waals surface area contributed by atoms with Crippen LogP contribution in [-0.4, -0.2) is 20.5 Å². The van der Waals surface area contributed by atoms with Crippen molar-refractivity contribution in [1.29, 1.82) is 0 Å². The number of hydrogen-bond donors (Lipinski definition) is 0. The molecule has 1 atom stereocenters. The summed E-state index contributed by atoms with van der Waals surface area (Å²) in [4.78, 5) is 16.1. The number of Topliss-reactive ketones (excluding diaryl/α,β-unsaturated/α-hetero) is 1. The van der Waals surface area contributed by atoms with E-state index in [0.29, 0.717) is 12.2 Å². The predicted octanol–water partition coefficient (Wildman–Crippen LogP) is 2.14. The molecule has 0 spiro atoms. The number of carbonyl (C=O) groups is 1. The summed E-state index contributed by atoms with van der Waals surface area (Å²) in [6.07, 6.45) is 6.12. The molecule has 0 aliphatic heterocycles. The van der Waals surface area contributed by atoms with E-state index in [9.17, 15) is 4.79 Å². The third-order valence-electron chi connectivity index (χ3n) is 2.99. The van der Waals surface area contributed by atoms with Crippen LogP contribution in [0, 0.1) is 5.92 Å². The first-order chi connectivity index (χ1) is 7.69. The lowest BCUT2D eigenvalue weighted by Gasteiger charge is -2.12. The summed E-state index contributed by atoms with van der Waals surface area (Å²) in [5.41, 5.74) is 0. The summed E-state index contributed by atoms with van der Waals surface area (Å²) in [7, 11) is 1.82. The molecule has 0 amide bonds. The van der Waals surface area contributed by atoms with Gasteiger partial charge in [-0.1, -0.05) is 26.7 Å². The molecule has 0 saturated carbocycles. The average molecular weight is 223 g/mol. The summed E-state index contributed by atoms with van der Waals surface area (Å²) in [6.45, 7) is 4.23. The minimum absolute atomic E-state index is 0.191. The minimum Gasteiger partial charge on any atom is -0.299 e. The molecule has 1 heterocycles. The number of nitrogens with zero attached hydrogens (tertiary/aromatic N) is 3. The summed E-state index contributed by atoms with van der Waals surface area (Å²) in [6, 6.07) is 0. The zero-order valence-electron chi connectivity index (χ0n) is 10.4. The molecule has 1 rings (SSSR count). The summed E-state index contributed by atoms with van der Waals surface area (Å²) in [5.74, 6) is 1.25. The van der Waals surface area contributed by atoms with Gasteiger partial charge < -0.3 is 0 Å². The Balaban J connectivity index is 2.52. The fraction of sp³-hybridized carbons (Fsp3) is 0.750. The van der Waals surface area contributed by atoms with Gasteiger partial charge in [-0.05, 0) is 12.8 Å². The monoisotopic (exact) mass is 223 g/mol. The highest BCUT2D eigenvalue weighted by Crippen LogP contribution is 2.15. The van der Waals surface area contributed by atoms with E-state index in [0.717, 1.165) is 31.5 Å². The molecule has 0 N–H and O–H groups in total. The van der Waals surface area contributed by atoms with Crippen LogP contribution < -0.4 is 0 Å². The largest absolute Gasteiger partial charge is 0.299 e. The molecule has 0 bridgehead atoms. The molecular weight excluding hydrogens is 202 g/mol. The Morgan fingerprint density at radius 3 is 2.75 bits per heavy atom. The van der Waals surface area contributed by atoms with Gasteiger partial charge in [-0.3, -0.25) is 9.48 Å². The molecule has 0 aliphatic rings. The van der Waals surface area contributed by atoms with Gasteiger partial charge in [0.15, 0.2) is 0 Å². The van der Waals surface area contributed by atoms with Crippen LogP contribution in [0.1, 0.15) is 45.4 Å². The van der Waals surface area contributed by atoms with Crippen LogP contribution in [0.2, 0.25) is 0 Å². The Hall–Kier alpha value is -1.19. The van der Waals surface area contributed by atoms with Gasteiger partial charge in [-0.15, -0.1) is 0 Å². The Morgan fingerprint density at radius 1 is 1.50 bits per heavy atom. The van der Waals surface area contributed by atoms with Crippen LogP contribution in [0.15, 0.2) is 6.33 Å². The van der Waals surface area contributed by atoms with Crippen molar-refractivity contribution in [1.82, 2.24) is 14.8 Å². The van der Waals surface area contributed by atoms with Gasteiger partial charge in [-0.25, -0.2) is 4.98 Å². The number of ketones is 1. The van der Waals surface area contributed by atoms with Crippen molar-refractivity contribution in [3.8, 4) is 0 Å². The van der Waals surface area contributed by atoms with E-state index in [2.05, 4.69) is 23.9 Å². The lowest BCUT2D eigenvalue weighted by atomic mass is 9.93. The highest BCUT2D eigenvalue weighted by Gasteiger charge is 2.17. The molecule has 16 heavy (non-hydrogen) atoms. The number of rotatable bonds is 7. The predicted molar refractivity (Wildman–Crippen MR) is 63.0 cm³/mol. The van der Waals surface area contributed by atoms with E-state index in [1.165, 1.54) is 6.33 Å². The number of hydrogen-bond acceptors (Lipinski definition) is 3. The van der Waals surface area contributed by atoms with Crippen LogP contribution >= 0.6 is 0 Å². The second-order valence-corrected chi connectivity index (χ2v) is 4.19. The van der Waals surface area contributed by atoms with Crippen LogP contribution in [0.25, 0.3) is 0 Å². The van der Waals surface area contributed by atoms with E-state index < -0.39 is 0 Å². The van der Waals surface area contributed by atoms with Crippen molar-refractivity contribution in [2.24, 2.45) is 13.0 Å². The first-order valence-electron chi connectivity index (χ1n) is 6.04. The Bertz CT molecular complexity index is 333. The average Bonchev–Trinajstić information content (AvgIpc) is 2.65. The Morgan fingerprint density at radius 2 is 2.25 bits per heavy atom. The minimum atomic E-state index is 0.191. The fourth-order valence-electron chi connectivity index (χ4n) is 1.82. The first-order valence-corrected chi connectivity index (χ1v) is 6.04. The van der Waals surface area contributed by atoms with Gasteiger partial charge >= 0.3 is 0 Å².